The van der Waals surface area contributed by atoms with Gasteiger partial charge in [-0.05, 0) is 20.8 Å². The molecule has 0 spiro atoms. The molecule has 0 aromatic rings. The Kier molecular flexibility index (Phi) is 3.64. The predicted octanol–water partition coefficient (Wildman–Crippen LogP) is 0.770. The van der Waals surface area contributed by atoms with Gasteiger partial charge in [0.1, 0.15) is 0 Å². The van der Waals surface area contributed by atoms with Crippen molar-refractivity contribution in [3.05, 3.63) is 0 Å². The maximum Gasteiger partial charge on any atom is 0.0899 e. The average molecular weight is 202 g/mol. The largest absolute Gasteiger partial charge is 0.392 e. The van der Waals surface area contributed by atoms with Gasteiger partial charge < -0.3 is 10.5 Å². The second-order valence-electron chi connectivity index (χ2n) is 3.63. The van der Waals surface area contributed by atoms with E-state index < -0.39 is 0 Å². The summed E-state index contributed by atoms with van der Waals surface area (Å²) in [7, 11) is 0. The SMILES string of the molecule is CC1OCCN(C(C)C(N)=S)C1C. The molecule has 4 heteroatoms. The lowest BCUT2D eigenvalue weighted by molar-refractivity contribution is -0.0600. The molecule has 0 saturated carbocycles. The number of rotatable bonds is 2. The highest BCUT2D eigenvalue weighted by Gasteiger charge is 2.29. The van der Waals surface area contributed by atoms with Crippen molar-refractivity contribution in [3.8, 4) is 0 Å². The number of thiocarbonyl (C=S) groups is 1. The van der Waals surface area contributed by atoms with Crippen molar-refractivity contribution < 1.29 is 4.74 Å². The van der Waals surface area contributed by atoms with E-state index in [9.17, 15) is 0 Å². The van der Waals surface area contributed by atoms with Crippen molar-refractivity contribution in [2.75, 3.05) is 13.2 Å². The van der Waals surface area contributed by atoms with E-state index in [1.165, 1.54) is 0 Å². The summed E-state index contributed by atoms with van der Waals surface area (Å²) in [6, 6.07) is 0.571. The monoisotopic (exact) mass is 202 g/mol. The minimum atomic E-state index is 0.177. The standard InChI is InChI=1S/C9H18N2OS/c1-6-8(3)12-5-4-11(6)7(2)9(10)13/h6-8H,4-5H2,1-3H3,(H2,10,13). The maximum absolute atomic E-state index is 5.62. The summed E-state index contributed by atoms with van der Waals surface area (Å²) in [6.07, 6.45) is 0.269. The topological polar surface area (TPSA) is 38.5 Å². The lowest BCUT2D eigenvalue weighted by atomic mass is 10.1. The van der Waals surface area contributed by atoms with Crippen molar-refractivity contribution in [2.24, 2.45) is 5.73 Å². The van der Waals surface area contributed by atoms with E-state index in [1.54, 1.807) is 0 Å². The third-order valence-electron chi connectivity index (χ3n) is 2.84. The summed E-state index contributed by atoms with van der Waals surface area (Å²) in [5.74, 6) is 0. The number of hydrogen-bond acceptors (Lipinski definition) is 3. The summed E-state index contributed by atoms with van der Waals surface area (Å²) in [5, 5.41) is 0. The van der Waals surface area contributed by atoms with Crippen LogP contribution in [0.2, 0.25) is 0 Å². The highest BCUT2D eigenvalue weighted by molar-refractivity contribution is 7.80. The third-order valence-corrected chi connectivity index (χ3v) is 3.18. The van der Waals surface area contributed by atoms with Gasteiger partial charge in [0.25, 0.3) is 0 Å². The van der Waals surface area contributed by atoms with Crippen LogP contribution in [0.4, 0.5) is 0 Å². The molecule has 76 valence electrons. The minimum absolute atomic E-state index is 0.177. The van der Waals surface area contributed by atoms with Gasteiger partial charge in [-0.2, -0.15) is 0 Å². The molecule has 3 nitrogen and oxygen atoms in total. The molecule has 0 aromatic carbocycles. The second kappa shape index (κ2) is 4.35. The summed E-state index contributed by atoms with van der Waals surface area (Å²) in [6.45, 7) is 7.99. The van der Waals surface area contributed by atoms with Crippen LogP contribution in [0.5, 0.6) is 0 Å². The summed E-state index contributed by atoms with van der Waals surface area (Å²) in [4.78, 5) is 2.87. The van der Waals surface area contributed by atoms with Gasteiger partial charge in [0.2, 0.25) is 0 Å². The molecule has 0 radical (unpaired) electrons. The Morgan fingerprint density at radius 1 is 1.62 bits per heavy atom. The van der Waals surface area contributed by atoms with E-state index in [0.717, 1.165) is 13.2 Å². The van der Waals surface area contributed by atoms with Crippen LogP contribution in [-0.4, -0.2) is 41.2 Å². The summed E-state index contributed by atoms with van der Waals surface area (Å²) in [5.41, 5.74) is 5.62. The van der Waals surface area contributed by atoms with Gasteiger partial charge in [0.05, 0.1) is 23.7 Å². The molecule has 0 aromatic heterocycles. The molecule has 1 aliphatic rings. The smallest absolute Gasteiger partial charge is 0.0899 e. The molecular formula is C9H18N2OS. The molecule has 1 saturated heterocycles. The van der Waals surface area contributed by atoms with Gasteiger partial charge in [0.15, 0.2) is 0 Å². The van der Waals surface area contributed by atoms with Gasteiger partial charge in [-0.25, -0.2) is 0 Å². The highest BCUT2D eigenvalue weighted by Crippen LogP contribution is 2.16. The highest BCUT2D eigenvalue weighted by atomic mass is 32.1. The predicted molar refractivity (Wildman–Crippen MR) is 57.8 cm³/mol. The van der Waals surface area contributed by atoms with E-state index in [2.05, 4.69) is 25.7 Å². The van der Waals surface area contributed by atoms with Crippen LogP contribution < -0.4 is 5.73 Å². The lowest BCUT2D eigenvalue weighted by Gasteiger charge is -2.41. The summed E-state index contributed by atoms with van der Waals surface area (Å²) < 4.78 is 5.52. The maximum atomic E-state index is 5.62. The van der Waals surface area contributed by atoms with Crippen molar-refractivity contribution >= 4 is 17.2 Å². The van der Waals surface area contributed by atoms with Gasteiger partial charge >= 0.3 is 0 Å². The van der Waals surface area contributed by atoms with Crippen LogP contribution in [0.3, 0.4) is 0 Å². The fourth-order valence-corrected chi connectivity index (χ4v) is 1.80. The van der Waals surface area contributed by atoms with Crippen LogP contribution in [0.1, 0.15) is 20.8 Å². The third kappa shape index (κ3) is 2.39. The van der Waals surface area contributed by atoms with Gasteiger partial charge in [-0.1, -0.05) is 12.2 Å². The quantitative estimate of drug-likeness (QED) is 0.671. The fraction of sp³-hybridized carbons (Fsp3) is 0.889. The van der Waals surface area contributed by atoms with Crippen LogP contribution in [0.25, 0.3) is 0 Å². The lowest BCUT2D eigenvalue weighted by Crippen LogP contribution is -2.55. The molecule has 3 unspecified atom stereocenters. The molecular weight excluding hydrogens is 184 g/mol. The van der Waals surface area contributed by atoms with Gasteiger partial charge in [0, 0.05) is 12.6 Å². The van der Waals surface area contributed by atoms with E-state index in [0.29, 0.717) is 11.0 Å². The molecule has 3 atom stereocenters. The van der Waals surface area contributed by atoms with E-state index >= 15 is 0 Å². The first-order valence-corrected chi connectivity index (χ1v) is 5.11. The van der Waals surface area contributed by atoms with Gasteiger partial charge in [-0.3, -0.25) is 4.90 Å². The normalized spacial score (nSPS) is 32.8. The minimum Gasteiger partial charge on any atom is -0.392 e. The Bertz CT molecular complexity index is 198. The van der Waals surface area contributed by atoms with Crippen molar-refractivity contribution in [1.29, 1.82) is 0 Å². The molecule has 1 rings (SSSR count). The molecule has 0 aliphatic carbocycles. The van der Waals surface area contributed by atoms with Crippen molar-refractivity contribution in [1.82, 2.24) is 4.90 Å². The molecule has 0 bridgehead atoms. The Labute approximate surface area is 85.2 Å². The van der Waals surface area contributed by atoms with Gasteiger partial charge in [-0.15, -0.1) is 0 Å². The number of hydrogen-bond donors (Lipinski definition) is 1. The zero-order valence-corrected chi connectivity index (χ0v) is 9.30. The molecule has 0 amide bonds. The molecule has 1 aliphatic heterocycles. The first-order valence-electron chi connectivity index (χ1n) is 4.70. The van der Waals surface area contributed by atoms with Crippen LogP contribution in [0.15, 0.2) is 0 Å². The number of nitrogens with two attached hydrogens (primary N) is 1. The molecule has 13 heavy (non-hydrogen) atoms. The molecule has 1 heterocycles. The first kappa shape index (κ1) is 10.9. The fourth-order valence-electron chi connectivity index (χ4n) is 1.67. The van der Waals surface area contributed by atoms with E-state index in [4.69, 9.17) is 22.7 Å². The Hall–Kier alpha value is -0.190. The van der Waals surface area contributed by atoms with Crippen molar-refractivity contribution in [3.63, 3.8) is 0 Å². The molecule has 2 N–H and O–H groups in total. The summed E-state index contributed by atoms with van der Waals surface area (Å²) >= 11 is 4.99. The van der Waals surface area contributed by atoms with Crippen LogP contribution in [0, 0.1) is 0 Å². The second-order valence-corrected chi connectivity index (χ2v) is 4.10. The zero-order chi connectivity index (χ0) is 10.0. The van der Waals surface area contributed by atoms with Crippen molar-refractivity contribution in [2.45, 2.75) is 39.0 Å². The Balaban J connectivity index is 2.62. The van der Waals surface area contributed by atoms with E-state index in [-0.39, 0.29) is 12.1 Å². The number of morpholine rings is 1. The van der Waals surface area contributed by atoms with E-state index in [1.807, 2.05) is 0 Å². The Morgan fingerprint density at radius 3 is 2.77 bits per heavy atom. The Morgan fingerprint density at radius 2 is 2.23 bits per heavy atom. The average Bonchev–Trinajstić information content (AvgIpc) is 2.08. The zero-order valence-electron chi connectivity index (χ0n) is 8.49. The molecule has 1 fully saturated rings. The van der Waals surface area contributed by atoms with Crippen LogP contribution >= 0.6 is 12.2 Å². The van der Waals surface area contributed by atoms with Crippen LogP contribution in [-0.2, 0) is 4.74 Å². The first-order chi connectivity index (χ1) is 6.04. The number of nitrogens with zero attached hydrogens (tertiary/aromatic N) is 1. The number of ether oxygens (including phenoxy) is 1.